The van der Waals surface area contributed by atoms with Crippen molar-refractivity contribution in [1.82, 2.24) is 15.3 Å². The number of aromatic nitrogens is 2. The highest BCUT2D eigenvalue weighted by molar-refractivity contribution is 6.42. The van der Waals surface area contributed by atoms with Gasteiger partial charge in [-0.15, -0.1) is 0 Å². The van der Waals surface area contributed by atoms with Gasteiger partial charge in [-0.3, -0.25) is 4.79 Å². The van der Waals surface area contributed by atoms with E-state index in [2.05, 4.69) is 15.3 Å². The van der Waals surface area contributed by atoms with Crippen LogP contribution in [-0.2, 0) is 6.54 Å². The summed E-state index contributed by atoms with van der Waals surface area (Å²) in [6.07, 6.45) is 2.91. The third-order valence-corrected chi connectivity index (χ3v) is 2.92. The van der Waals surface area contributed by atoms with Gasteiger partial charge in [-0.05, 0) is 17.7 Å². The monoisotopic (exact) mass is 269 g/mol. The fourth-order valence-electron chi connectivity index (χ4n) is 1.31. The Morgan fingerprint density at radius 3 is 2.82 bits per heavy atom. The SMILES string of the molecule is O=C(NCc1ccc(Cl)c(Cl)c1)c1cnc[nH]1. The predicted octanol–water partition coefficient (Wildman–Crippen LogP) is 2.65. The van der Waals surface area contributed by atoms with Crippen LogP contribution in [0.4, 0.5) is 0 Å². The number of halogens is 2. The van der Waals surface area contributed by atoms with Crippen LogP contribution in [0.3, 0.4) is 0 Å². The van der Waals surface area contributed by atoms with Gasteiger partial charge >= 0.3 is 0 Å². The molecule has 0 atom stereocenters. The summed E-state index contributed by atoms with van der Waals surface area (Å²) >= 11 is 11.7. The Hall–Kier alpha value is -1.52. The molecule has 0 unspecified atom stereocenters. The highest BCUT2D eigenvalue weighted by Gasteiger charge is 2.06. The smallest absolute Gasteiger partial charge is 0.269 e. The summed E-state index contributed by atoms with van der Waals surface area (Å²) < 4.78 is 0. The van der Waals surface area contributed by atoms with Crippen molar-refractivity contribution in [2.45, 2.75) is 6.54 Å². The van der Waals surface area contributed by atoms with Crippen LogP contribution in [-0.4, -0.2) is 15.9 Å². The van der Waals surface area contributed by atoms with Crippen molar-refractivity contribution in [3.8, 4) is 0 Å². The zero-order chi connectivity index (χ0) is 12.3. The summed E-state index contributed by atoms with van der Waals surface area (Å²) in [7, 11) is 0. The van der Waals surface area contributed by atoms with Gasteiger partial charge < -0.3 is 10.3 Å². The van der Waals surface area contributed by atoms with Crippen molar-refractivity contribution in [1.29, 1.82) is 0 Å². The fraction of sp³-hybridized carbons (Fsp3) is 0.0909. The van der Waals surface area contributed by atoms with Crippen LogP contribution in [0.1, 0.15) is 16.1 Å². The van der Waals surface area contributed by atoms with E-state index in [1.54, 1.807) is 18.2 Å². The molecule has 88 valence electrons. The van der Waals surface area contributed by atoms with Gasteiger partial charge in [0.25, 0.3) is 5.91 Å². The largest absolute Gasteiger partial charge is 0.347 e. The van der Waals surface area contributed by atoms with Gasteiger partial charge in [0.05, 0.1) is 22.6 Å². The zero-order valence-corrected chi connectivity index (χ0v) is 10.2. The first kappa shape index (κ1) is 12.0. The highest BCUT2D eigenvalue weighted by atomic mass is 35.5. The molecule has 1 aromatic heterocycles. The molecule has 0 saturated carbocycles. The first-order chi connectivity index (χ1) is 8.16. The van der Waals surface area contributed by atoms with Gasteiger partial charge in [0.15, 0.2) is 0 Å². The lowest BCUT2D eigenvalue weighted by Crippen LogP contribution is -2.23. The van der Waals surface area contributed by atoms with Crippen LogP contribution < -0.4 is 5.32 Å². The topological polar surface area (TPSA) is 57.8 Å². The molecule has 0 bridgehead atoms. The zero-order valence-electron chi connectivity index (χ0n) is 8.71. The van der Waals surface area contributed by atoms with E-state index in [4.69, 9.17) is 23.2 Å². The van der Waals surface area contributed by atoms with Crippen molar-refractivity contribution >= 4 is 29.1 Å². The first-order valence-corrected chi connectivity index (χ1v) is 5.63. The Balaban J connectivity index is 1.98. The average Bonchev–Trinajstić information content (AvgIpc) is 2.84. The van der Waals surface area contributed by atoms with E-state index in [9.17, 15) is 4.79 Å². The molecule has 6 heteroatoms. The number of carbonyl (C=O) groups is 1. The van der Waals surface area contributed by atoms with Crippen molar-refractivity contribution < 1.29 is 4.79 Å². The summed E-state index contributed by atoms with van der Waals surface area (Å²) in [5, 5.41) is 3.70. The average molecular weight is 270 g/mol. The summed E-state index contributed by atoms with van der Waals surface area (Å²) in [5.74, 6) is -0.214. The van der Waals surface area contributed by atoms with E-state index in [0.717, 1.165) is 5.56 Å². The molecule has 0 aliphatic heterocycles. The van der Waals surface area contributed by atoms with Crippen LogP contribution in [0.5, 0.6) is 0 Å². The van der Waals surface area contributed by atoms with Crippen molar-refractivity contribution in [2.75, 3.05) is 0 Å². The summed E-state index contributed by atoms with van der Waals surface area (Å²) in [5.41, 5.74) is 1.30. The van der Waals surface area contributed by atoms with Crippen LogP contribution in [0, 0.1) is 0 Å². The molecule has 1 amide bonds. The summed E-state index contributed by atoms with van der Waals surface area (Å²) in [6, 6.07) is 5.22. The number of benzene rings is 1. The van der Waals surface area contributed by atoms with Crippen LogP contribution in [0.15, 0.2) is 30.7 Å². The molecule has 2 aromatic rings. The minimum Gasteiger partial charge on any atom is -0.347 e. The maximum Gasteiger partial charge on any atom is 0.269 e. The molecule has 1 aromatic carbocycles. The number of hydrogen-bond donors (Lipinski definition) is 2. The Bertz CT molecular complexity index is 526. The first-order valence-electron chi connectivity index (χ1n) is 4.87. The second-order valence-electron chi connectivity index (χ2n) is 3.40. The second kappa shape index (κ2) is 5.21. The van der Waals surface area contributed by atoms with Gasteiger partial charge in [0.1, 0.15) is 5.69 Å². The number of H-pyrrole nitrogens is 1. The van der Waals surface area contributed by atoms with E-state index in [0.29, 0.717) is 22.3 Å². The number of rotatable bonds is 3. The number of hydrogen-bond acceptors (Lipinski definition) is 2. The fourth-order valence-corrected chi connectivity index (χ4v) is 1.63. The molecule has 1 heterocycles. The van der Waals surface area contributed by atoms with Crippen LogP contribution in [0.2, 0.25) is 10.0 Å². The Morgan fingerprint density at radius 2 is 2.18 bits per heavy atom. The van der Waals surface area contributed by atoms with E-state index < -0.39 is 0 Å². The minimum absolute atomic E-state index is 0.214. The molecule has 0 aliphatic carbocycles. The summed E-state index contributed by atoms with van der Waals surface area (Å²) in [6.45, 7) is 0.384. The van der Waals surface area contributed by atoms with E-state index >= 15 is 0 Å². The van der Waals surface area contributed by atoms with Gasteiger partial charge in [-0.1, -0.05) is 29.3 Å². The van der Waals surface area contributed by atoms with Crippen molar-refractivity contribution in [2.24, 2.45) is 0 Å². The molecule has 2 rings (SSSR count). The number of carbonyl (C=O) groups excluding carboxylic acids is 1. The maximum absolute atomic E-state index is 11.6. The van der Waals surface area contributed by atoms with Crippen LogP contribution >= 0.6 is 23.2 Å². The lowest BCUT2D eigenvalue weighted by atomic mass is 10.2. The third-order valence-electron chi connectivity index (χ3n) is 2.18. The molecule has 0 saturated heterocycles. The number of nitrogens with zero attached hydrogens (tertiary/aromatic N) is 1. The lowest BCUT2D eigenvalue weighted by Gasteiger charge is -2.05. The molecule has 2 N–H and O–H groups in total. The standard InChI is InChI=1S/C11H9Cl2N3O/c12-8-2-1-7(3-9(8)13)4-15-11(17)10-5-14-6-16-10/h1-3,5-6H,4H2,(H,14,16)(H,15,17). The second-order valence-corrected chi connectivity index (χ2v) is 4.21. The number of imidazole rings is 1. The Labute approximate surface area is 108 Å². The third kappa shape index (κ3) is 2.99. The van der Waals surface area contributed by atoms with E-state index in [-0.39, 0.29) is 5.91 Å². The van der Waals surface area contributed by atoms with Gasteiger partial charge in [-0.2, -0.15) is 0 Å². The predicted molar refractivity (Wildman–Crippen MR) is 66.2 cm³/mol. The molecule has 0 fully saturated rings. The van der Waals surface area contributed by atoms with Gasteiger partial charge in [0, 0.05) is 6.54 Å². The van der Waals surface area contributed by atoms with Gasteiger partial charge in [-0.25, -0.2) is 4.98 Å². The molecule has 0 spiro atoms. The van der Waals surface area contributed by atoms with Crippen LogP contribution in [0.25, 0.3) is 0 Å². The Morgan fingerprint density at radius 1 is 1.35 bits per heavy atom. The molecule has 0 aliphatic rings. The number of aromatic amines is 1. The van der Waals surface area contributed by atoms with Crippen molar-refractivity contribution in [3.63, 3.8) is 0 Å². The molecular formula is C11H9Cl2N3O. The molecule has 17 heavy (non-hydrogen) atoms. The van der Waals surface area contributed by atoms with E-state index in [1.165, 1.54) is 12.5 Å². The number of nitrogens with one attached hydrogen (secondary N) is 2. The summed E-state index contributed by atoms with van der Waals surface area (Å²) in [4.78, 5) is 18.1. The highest BCUT2D eigenvalue weighted by Crippen LogP contribution is 2.22. The maximum atomic E-state index is 11.6. The minimum atomic E-state index is -0.214. The van der Waals surface area contributed by atoms with E-state index in [1.807, 2.05) is 0 Å². The molecular weight excluding hydrogens is 261 g/mol. The van der Waals surface area contributed by atoms with Crippen molar-refractivity contribution in [3.05, 3.63) is 52.0 Å². The Kier molecular flexibility index (Phi) is 3.66. The molecule has 0 radical (unpaired) electrons. The quantitative estimate of drug-likeness (QED) is 0.900. The normalized spacial score (nSPS) is 10.2. The number of amides is 1. The van der Waals surface area contributed by atoms with Gasteiger partial charge in [0.2, 0.25) is 0 Å². The lowest BCUT2D eigenvalue weighted by molar-refractivity contribution is 0.0946. The molecule has 4 nitrogen and oxygen atoms in total.